The van der Waals surface area contributed by atoms with Crippen LogP contribution in [0.15, 0.2) is 41.2 Å². The third-order valence-electron chi connectivity index (χ3n) is 3.84. The van der Waals surface area contributed by atoms with E-state index in [1.807, 2.05) is 51.1 Å². The number of nitrogens with one attached hydrogen (secondary N) is 2. The lowest BCUT2D eigenvalue weighted by Gasteiger charge is -2.15. The van der Waals surface area contributed by atoms with E-state index in [1.54, 1.807) is 6.07 Å². The highest BCUT2D eigenvalue weighted by Gasteiger charge is 2.16. The molecule has 0 spiro atoms. The SMILES string of the molecule is CCc1cc(C(=O)N[C@H](C)c2ccccc2)c(=O)[nH]c1CC. The van der Waals surface area contributed by atoms with Crippen molar-refractivity contribution in [3.63, 3.8) is 0 Å². The van der Waals surface area contributed by atoms with Crippen molar-refractivity contribution in [1.82, 2.24) is 10.3 Å². The summed E-state index contributed by atoms with van der Waals surface area (Å²) in [5, 5.41) is 2.88. The maximum absolute atomic E-state index is 12.4. The van der Waals surface area contributed by atoms with Crippen LogP contribution in [0.3, 0.4) is 0 Å². The summed E-state index contributed by atoms with van der Waals surface area (Å²) in [5.41, 5.74) is 2.77. The standard InChI is InChI=1S/C18H22N2O2/c1-4-13-11-15(18(22)20-16(13)5-2)17(21)19-12(3)14-9-7-6-8-10-14/h6-12H,4-5H2,1-3H3,(H,19,21)(H,20,22)/t12-/m1/s1. The molecule has 2 N–H and O–H groups in total. The summed E-state index contributed by atoms with van der Waals surface area (Å²) in [5.74, 6) is -0.338. The van der Waals surface area contributed by atoms with Crippen LogP contribution in [-0.4, -0.2) is 10.9 Å². The molecule has 0 aliphatic carbocycles. The highest BCUT2D eigenvalue weighted by atomic mass is 16.2. The Hall–Kier alpha value is -2.36. The topological polar surface area (TPSA) is 62.0 Å². The summed E-state index contributed by atoms with van der Waals surface area (Å²) in [6, 6.07) is 11.2. The number of rotatable bonds is 5. The molecule has 1 heterocycles. The molecular weight excluding hydrogens is 276 g/mol. The lowest BCUT2D eigenvalue weighted by atomic mass is 10.0. The summed E-state index contributed by atoms with van der Waals surface area (Å²) in [7, 11) is 0. The molecule has 116 valence electrons. The molecule has 0 radical (unpaired) electrons. The Bertz CT molecular complexity index is 705. The maximum atomic E-state index is 12.4. The Kier molecular flexibility index (Phi) is 5.15. The molecule has 1 aromatic carbocycles. The number of hydrogen-bond acceptors (Lipinski definition) is 2. The lowest BCUT2D eigenvalue weighted by Crippen LogP contribution is -2.32. The predicted octanol–water partition coefficient (Wildman–Crippen LogP) is 2.99. The summed E-state index contributed by atoms with van der Waals surface area (Å²) >= 11 is 0. The van der Waals surface area contributed by atoms with Gasteiger partial charge < -0.3 is 10.3 Å². The van der Waals surface area contributed by atoms with E-state index in [9.17, 15) is 9.59 Å². The van der Waals surface area contributed by atoms with Crippen molar-refractivity contribution in [2.75, 3.05) is 0 Å². The molecule has 0 aliphatic rings. The molecule has 0 saturated heterocycles. The minimum Gasteiger partial charge on any atom is -0.345 e. The number of carbonyl (C=O) groups is 1. The van der Waals surface area contributed by atoms with Crippen LogP contribution < -0.4 is 10.9 Å². The van der Waals surface area contributed by atoms with Crippen LogP contribution in [0.4, 0.5) is 0 Å². The molecule has 4 nitrogen and oxygen atoms in total. The van der Waals surface area contributed by atoms with E-state index in [4.69, 9.17) is 0 Å². The second-order valence-electron chi connectivity index (χ2n) is 5.33. The minimum absolute atomic E-state index is 0.149. The summed E-state index contributed by atoms with van der Waals surface area (Å²) in [4.78, 5) is 27.3. The zero-order valence-electron chi connectivity index (χ0n) is 13.3. The number of pyridine rings is 1. The average Bonchev–Trinajstić information content (AvgIpc) is 2.55. The van der Waals surface area contributed by atoms with Gasteiger partial charge in [-0.1, -0.05) is 44.2 Å². The van der Waals surface area contributed by atoms with E-state index in [-0.39, 0.29) is 23.1 Å². The monoisotopic (exact) mass is 298 g/mol. The zero-order valence-corrected chi connectivity index (χ0v) is 13.3. The van der Waals surface area contributed by atoms with E-state index >= 15 is 0 Å². The molecular formula is C18H22N2O2. The molecule has 0 aliphatic heterocycles. The van der Waals surface area contributed by atoms with Gasteiger partial charge in [0.05, 0.1) is 6.04 Å². The molecule has 1 amide bonds. The van der Waals surface area contributed by atoms with Gasteiger partial charge in [0.1, 0.15) is 5.56 Å². The largest absolute Gasteiger partial charge is 0.345 e. The number of hydrogen-bond donors (Lipinski definition) is 2. The first-order valence-electron chi connectivity index (χ1n) is 7.67. The normalized spacial score (nSPS) is 12.0. The Morgan fingerprint density at radius 1 is 1.18 bits per heavy atom. The Balaban J connectivity index is 2.25. The fourth-order valence-electron chi connectivity index (χ4n) is 2.51. The number of aryl methyl sites for hydroxylation is 2. The van der Waals surface area contributed by atoms with E-state index in [0.29, 0.717) is 0 Å². The molecule has 0 fully saturated rings. The molecule has 2 rings (SSSR count). The Morgan fingerprint density at radius 3 is 2.45 bits per heavy atom. The van der Waals surface area contributed by atoms with Crippen LogP contribution >= 0.6 is 0 Å². The molecule has 1 aromatic heterocycles. The van der Waals surface area contributed by atoms with Gasteiger partial charge in [-0.05, 0) is 37.0 Å². The molecule has 2 aromatic rings. The van der Waals surface area contributed by atoms with Crippen LogP contribution in [0.1, 0.15) is 54.0 Å². The average molecular weight is 298 g/mol. The number of aromatic nitrogens is 1. The van der Waals surface area contributed by atoms with Crippen LogP contribution in [0, 0.1) is 0 Å². The second-order valence-corrected chi connectivity index (χ2v) is 5.33. The van der Waals surface area contributed by atoms with Crippen molar-refractivity contribution < 1.29 is 4.79 Å². The van der Waals surface area contributed by atoms with Gasteiger partial charge in [-0.3, -0.25) is 9.59 Å². The van der Waals surface area contributed by atoms with Gasteiger partial charge in [-0.25, -0.2) is 0 Å². The molecule has 4 heteroatoms. The minimum atomic E-state index is -0.338. The number of benzene rings is 1. The van der Waals surface area contributed by atoms with Crippen molar-refractivity contribution in [2.45, 2.75) is 39.7 Å². The predicted molar refractivity (Wildman–Crippen MR) is 88.1 cm³/mol. The highest BCUT2D eigenvalue weighted by molar-refractivity contribution is 5.94. The molecule has 0 saturated carbocycles. The van der Waals surface area contributed by atoms with E-state index < -0.39 is 0 Å². The maximum Gasteiger partial charge on any atom is 0.261 e. The lowest BCUT2D eigenvalue weighted by molar-refractivity contribution is 0.0938. The first kappa shape index (κ1) is 16.0. The second kappa shape index (κ2) is 7.07. The molecule has 1 atom stereocenters. The smallest absolute Gasteiger partial charge is 0.261 e. The third kappa shape index (κ3) is 3.45. The zero-order chi connectivity index (χ0) is 16.1. The first-order valence-corrected chi connectivity index (χ1v) is 7.67. The number of aromatic amines is 1. The van der Waals surface area contributed by atoms with Crippen molar-refractivity contribution in [3.05, 3.63) is 69.1 Å². The fourth-order valence-corrected chi connectivity index (χ4v) is 2.51. The van der Waals surface area contributed by atoms with Crippen molar-refractivity contribution >= 4 is 5.91 Å². The van der Waals surface area contributed by atoms with Crippen molar-refractivity contribution in [2.24, 2.45) is 0 Å². The van der Waals surface area contributed by atoms with Crippen LogP contribution in [0.5, 0.6) is 0 Å². The molecule has 22 heavy (non-hydrogen) atoms. The van der Waals surface area contributed by atoms with E-state index in [1.165, 1.54) is 0 Å². The van der Waals surface area contributed by atoms with Crippen molar-refractivity contribution in [1.29, 1.82) is 0 Å². The number of amides is 1. The highest BCUT2D eigenvalue weighted by Crippen LogP contribution is 2.13. The van der Waals surface area contributed by atoms with Gasteiger partial charge in [-0.15, -0.1) is 0 Å². The third-order valence-corrected chi connectivity index (χ3v) is 3.84. The van der Waals surface area contributed by atoms with Crippen molar-refractivity contribution in [3.8, 4) is 0 Å². The van der Waals surface area contributed by atoms with Gasteiger partial charge >= 0.3 is 0 Å². The summed E-state index contributed by atoms with van der Waals surface area (Å²) in [6.45, 7) is 5.91. The van der Waals surface area contributed by atoms with E-state index in [0.717, 1.165) is 29.7 Å². The molecule has 0 unspecified atom stereocenters. The first-order chi connectivity index (χ1) is 10.6. The van der Waals surface area contributed by atoms with Crippen LogP contribution in [0.25, 0.3) is 0 Å². The Labute approximate surface area is 130 Å². The van der Waals surface area contributed by atoms with Gasteiger partial charge in [-0.2, -0.15) is 0 Å². The van der Waals surface area contributed by atoms with E-state index in [2.05, 4.69) is 10.3 Å². The van der Waals surface area contributed by atoms with Gasteiger partial charge in [0, 0.05) is 5.69 Å². The van der Waals surface area contributed by atoms with Crippen LogP contribution in [0.2, 0.25) is 0 Å². The summed E-state index contributed by atoms with van der Waals surface area (Å²) in [6.07, 6.45) is 1.54. The van der Waals surface area contributed by atoms with Gasteiger partial charge in [0.15, 0.2) is 0 Å². The van der Waals surface area contributed by atoms with Crippen LogP contribution in [-0.2, 0) is 12.8 Å². The molecule has 0 bridgehead atoms. The van der Waals surface area contributed by atoms with Gasteiger partial charge in [0.25, 0.3) is 11.5 Å². The quantitative estimate of drug-likeness (QED) is 0.891. The number of H-pyrrole nitrogens is 1. The summed E-state index contributed by atoms with van der Waals surface area (Å²) < 4.78 is 0. The fraction of sp³-hybridized carbons (Fsp3) is 0.333. The number of carbonyl (C=O) groups excluding carboxylic acids is 1. The van der Waals surface area contributed by atoms with Gasteiger partial charge in [0.2, 0.25) is 0 Å². The Morgan fingerprint density at radius 2 is 1.86 bits per heavy atom.